The maximum atomic E-state index is 14.2. The van der Waals surface area contributed by atoms with E-state index >= 15 is 0 Å². The molecule has 6 heteroatoms. The summed E-state index contributed by atoms with van der Waals surface area (Å²) in [4.78, 5) is 19.1. The van der Waals surface area contributed by atoms with Crippen LogP contribution < -0.4 is 5.56 Å². The van der Waals surface area contributed by atoms with Crippen LogP contribution in [0.5, 0.6) is 0 Å². The van der Waals surface area contributed by atoms with E-state index in [0.717, 1.165) is 0 Å². The van der Waals surface area contributed by atoms with Crippen molar-refractivity contribution in [3.8, 4) is 28.5 Å². The molecule has 4 nitrogen and oxygen atoms in total. The number of benzene rings is 2. The Balaban J connectivity index is 2.34. The van der Waals surface area contributed by atoms with Gasteiger partial charge < -0.3 is 4.98 Å². The van der Waals surface area contributed by atoms with Gasteiger partial charge in [-0.2, -0.15) is 5.26 Å². The van der Waals surface area contributed by atoms with Gasteiger partial charge in [0.05, 0.1) is 5.69 Å². The van der Waals surface area contributed by atoms with Crippen molar-refractivity contribution < 1.29 is 4.39 Å². The minimum absolute atomic E-state index is 0.0865. The van der Waals surface area contributed by atoms with E-state index in [1.54, 1.807) is 48.7 Å². The standard InChI is InChI=1S/C18H12FN3OS/c1-24-18-21-16(14(10-20)17(23)22-18)13-8-3-2-6-11(13)12-7-4-5-9-15(12)19/h2-9H,1H3,(H,21,22,23). The molecule has 0 aliphatic heterocycles. The molecule has 0 bridgehead atoms. The number of hydrogen-bond donors (Lipinski definition) is 1. The molecule has 24 heavy (non-hydrogen) atoms. The van der Waals surface area contributed by atoms with Gasteiger partial charge in [0, 0.05) is 11.1 Å². The van der Waals surface area contributed by atoms with Crippen LogP contribution in [0.25, 0.3) is 22.4 Å². The number of nitrogens with zero attached hydrogens (tertiary/aromatic N) is 2. The molecule has 0 aliphatic carbocycles. The van der Waals surface area contributed by atoms with Gasteiger partial charge in [0.2, 0.25) is 0 Å². The molecular formula is C18H12FN3OS. The highest BCUT2D eigenvalue weighted by Crippen LogP contribution is 2.33. The fourth-order valence-corrected chi connectivity index (χ4v) is 2.83. The largest absolute Gasteiger partial charge is 0.300 e. The monoisotopic (exact) mass is 337 g/mol. The summed E-state index contributed by atoms with van der Waals surface area (Å²) in [6, 6.07) is 15.3. The second kappa shape index (κ2) is 6.69. The van der Waals surface area contributed by atoms with E-state index < -0.39 is 5.56 Å². The van der Waals surface area contributed by atoms with Crippen LogP contribution in [0.15, 0.2) is 58.5 Å². The number of thioether (sulfide) groups is 1. The van der Waals surface area contributed by atoms with Gasteiger partial charge in [-0.05, 0) is 17.9 Å². The average Bonchev–Trinajstić information content (AvgIpc) is 2.61. The van der Waals surface area contributed by atoms with E-state index in [1.807, 2.05) is 6.07 Å². The number of aromatic nitrogens is 2. The maximum Gasteiger partial charge on any atom is 0.270 e. The van der Waals surface area contributed by atoms with E-state index in [2.05, 4.69) is 9.97 Å². The third-order valence-electron chi connectivity index (χ3n) is 3.55. The lowest BCUT2D eigenvalue weighted by Crippen LogP contribution is -2.14. The second-order valence-electron chi connectivity index (χ2n) is 4.94. The minimum atomic E-state index is -0.504. The Kier molecular flexibility index (Phi) is 4.45. The molecule has 2 aromatic carbocycles. The first-order valence-corrected chi connectivity index (χ1v) is 8.31. The van der Waals surface area contributed by atoms with Crippen molar-refractivity contribution >= 4 is 11.8 Å². The Hall–Kier alpha value is -2.91. The van der Waals surface area contributed by atoms with Crippen molar-refractivity contribution in [2.45, 2.75) is 5.16 Å². The van der Waals surface area contributed by atoms with Gasteiger partial charge in [-0.1, -0.05) is 54.2 Å². The summed E-state index contributed by atoms with van der Waals surface area (Å²) in [6.45, 7) is 0. The number of H-pyrrole nitrogens is 1. The van der Waals surface area contributed by atoms with Crippen LogP contribution in [-0.4, -0.2) is 16.2 Å². The number of hydrogen-bond acceptors (Lipinski definition) is 4. The topological polar surface area (TPSA) is 69.5 Å². The maximum absolute atomic E-state index is 14.2. The van der Waals surface area contributed by atoms with Crippen molar-refractivity contribution in [3.05, 3.63) is 70.3 Å². The van der Waals surface area contributed by atoms with Crippen LogP contribution in [-0.2, 0) is 0 Å². The number of aromatic amines is 1. The number of halogens is 1. The molecule has 0 saturated heterocycles. The zero-order valence-corrected chi connectivity index (χ0v) is 13.5. The lowest BCUT2D eigenvalue weighted by atomic mass is 9.95. The SMILES string of the molecule is CSc1nc(-c2ccccc2-c2ccccc2F)c(C#N)c(=O)[nH]1. The van der Waals surface area contributed by atoms with Crippen molar-refractivity contribution in [2.75, 3.05) is 6.26 Å². The van der Waals surface area contributed by atoms with E-state index in [-0.39, 0.29) is 17.1 Å². The molecule has 0 radical (unpaired) electrons. The Labute approximate surface area is 142 Å². The zero-order chi connectivity index (χ0) is 17.1. The van der Waals surface area contributed by atoms with Crippen LogP contribution in [0.2, 0.25) is 0 Å². The highest BCUT2D eigenvalue weighted by molar-refractivity contribution is 7.98. The Morgan fingerprint density at radius 1 is 1.08 bits per heavy atom. The molecular weight excluding hydrogens is 325 g/mol. The summed E-state index contributed by atoms with van der Waals surface area (Å²) < 4.78 is 14.2. The first-order valence-electron chi connectivity index (χ1n) is 7.08. The van der Waals surface area contributed by atoms with Gasteiger partial charge in [0.15, 0.2) is 5.16 Å². The molecule has 0 aliphatic rings. The highest BCUT2D eigenvalue weighted by atomic mass is 32.2. The molecule has 1 heterocycles. The molecule has 0 spiro atoms. The third kappa shape index (κ3) is 2.82. The first-order chi connectivity index (χ1) is 11.7. The summed E-state index contributed by atoms with van der Waals surface area (Å²) in [7, 11) is 0. The van der Waals surface area contributed by atoms with Gasteiger partial charge in [0.1, 0.15) is 17.4 Å². The molecule has 3 rings (SSSR count). The van der Waals surface area contributed by atoms with Gasteiger partial charge in [0.25, 0.3) is 5.56 Å². The minimum Gasteiger partial charge on any atom is -0.300 e. The Bertz CT molecular complexity index is 1010. The predicted molar refractivity (Wildman–Crippen MR) is 92.2 cm³/mol. The van der Waals surface area contributed by atoms with Gasteiger partial charge in [-0.25, -0.2) is 9.37 Å². The Morgan fingerprint density at radius 2 is 1.71 bits per heavy atom. The number of nitrogens with one attached hydrogen (secondary N) is 1. The third-order valence-corrected chi connectivity index (χ3v) is 4.13. The van der Waals surface area contributed by atoms with Crippen molar-refractivity contribution in [1.29, 1.82) is 5.26 Å². The van der Waals surface area contributed by atoms with Crippen molar-refractivity contribution in [2.24, 2.45) is 0 Å². The Morgan fingerprint density at radius 3 is 2.33 bits per heavy atom. The second-order valence-corrected chi connectivity index (χ2v) is 5.73. The van der Waals surface area contributed by atoms with Crippen LogP contribution in [0, 0.1) is 17.1 Å². The summed E-state index contributed by atoms with van der Waals surface area (Å²) >= 11 is 1.27. The number of nitriles is 1. The van der Waals surface area contributed by atoms with Crippen molar-refractivity contribution in [1.82, 2.24) is 9.97 Å². The lowest BCUT2D eigenvalue weighted by molar-refractivity contribution is 0.631. The smallest absolute Gasteiger partial charge is 0.270 e. The summed E-state index contributed by atoms with van der Waals surface area (Å²) in [5.41, 5.74) is 1.18. The molecule has 118 valence electrons. The molecule has 3 aromatic rings. The van der Waals surface area contributed by atoms with E-state index in [0.29, 0.717) is 21.8 Å². The normalized spacial score (nSPS) is 10.4. The van der Waals surface area contributed by atoms with Crippen LogP contribution in [0.1, 0.15) is 5.56 Å². The molecule has 1 aromatic heterocycles. The molecule has 0 fully saturated rings. The highest BCUT2D eigenvalue weighted by Gasteiger charge is 2.18. The molecule has 0 atom stereocenters. The summed E-state index contributed by atoms with van der Waals surface area (Å²) in [5.74, 6) is -0.376. The predicted octanol–water partition coefficient (Wildman–Crippen LogP) is 3.84. The average molecular weight is 337 g/mol. The fraction of sp³-hybridized carbons (Fsp3) is 0.0556. The van der Waals surface area contributed by atoms with Crippen LogP contribution in [0.4, 0.5) is 4.39 Å². The zero-order valence-electron chi connectivity index (χ0n) is 12.7. The van der Waals surface area contributed by atoms with Crippen molar-refractivity contribution in [3.63, 3.8) is 0 Å². The van der Waals surface area contributed by atoms with Crippen LogP contribution >= 0.6 is 11.8 Å². The van der Waals surface area contributed by atoms with E-state index in [1.165, 1.54) is 17.8 Å². The lowest BCUT2D eigenvalue weighted by Gasteiger charge is -2.11. The quantitative estimate of drug-likeness (QED) is 0.582. The molecule has 0 unspecified atom stereocenters. The van der Waals surface area contributed by atoms with Crippen LogP contribution in [0.3, 0.4) is 0 Å². The molecule has 1 N–H and O–H groups in total. The summed E-state index contributed by atoms with van der Waals surface area (Å²) in [5, 5.41) is 9.75. The molecule has 0 amide bonds. The van der Waals surface area contributed by atoms with Gasteiger partial charge in [-0.15, -0.1) is 0 Å². The van der Waals surface area contributed by atoms with Gasteiger partial charge in [-0.3, -0.25) is 4.79 Å². The number of rotatable bonds is 3. The molecule has 0 saturated carbocycles. The fourth-order valence-electron chi connectivity index (χ4n) is 2.45. The van der Waals surface area contributed by atoms with E-state index in [9.17, 15) is 14.4 Å². The first kappa shape index (κ1) is 16.0. The van der Waals surface area contributed by atoms with E-state index in [4.69, 9.17) is 0 Å². The van der Waals surface area contributed by atoms with Gasteiger partial charge >= 0.3 is 0 Å². The summed E-state index contributed by atoms with van der Waals surface area (Å²) in [6.07, 6.45) is 1.77.